The van der Waals surface area contributed by atoms with Crippen molar-refractivity contribution in [1.29, 1.82) is 0 Å². The van der Waals surface area contributed by atoms with Crippen molar-refractivity contribution in [2.24, 2.45) is 0 Å². The molecule has 2 aromatic carbocycles. The molecule has 0 aliphatic carbocycles. The lowest BCUT2D eigenvalue weighted by Crippen LogP contribution is -2.15. The molecule has 2 rings (SSSR count). The van der Waals surface area contributed by atoms with E-state index in [2.05, 4.69) is 55.7 Å². The molecule has 2 aromatic rings. The van der Waals surface area contributed by atoms with Gasteiger partial charge in [-0.3, -0.25) is 4.79 Å². The summed E-state index contributed by atoms with van der Waals surface area (Å²) in [5.74, 6) is 0.110. The Morgan fingerprint density at radius 2 is 1.61 bits per heavy atom. The molecule has 0 bridgehead atoms. The molecule has 0 fully saturated rings. The first kappa shape index (κ1) is 17.0. The summed E-state index contributed by atoms with van der Waals surface area (Å²) in [5, 5.41) is 14.9. The lowest BCUT2D eigenvalue weighted by Gasteiger charge is -2.17. The van der Waals surface area contributed by atoms with Gasteiger partial charge in [-0.05, 0) is 42.2 Å². The van der Waals surface area contributed by atoms with Gasteiger partial charge in [-0.15, -0.1) is 0 Å². The van der Waals surface area contributed by atoms with Crippen molar-refractivity contribution in [3.8, 4) is 0 Å². The molecule has 0 saturated carbocycles. The van der Waals surface area contributed by atoms with E-state index in [0.29, 0.717) is 11.6 Å². The molecule has 1 amide bonds. The van der Waals surface area contributed by atoms with Crippen LogP contribution in [0, 0.1) is 0 Å². The van der Waals surface area contributed by atoms with Gasteiger partial charge in [0, 0.05) is 17.4 Å². The highest BCUT2D eigenvalue weighted by atomic mass is 16.3. The first-order valence-electron chi connectivity index (χ1n) is 7.86. The summed E-state index contributed by atoms with van der Waals surface area (Å²) in [6.07, 6.45) is 0. The first-order valence-corrected chi connectivity index (χ1v) is 7.86. The van der Waals surface area contributed by atoms with Crippen LogP contribution in [0.3, 0.4) is 0 Å². The monoisotopic (exact) mass is 312 g/mol. The van der Waals surface area contributed by atoms with Crippen molar-refractivity contribution < 1.29 is 9.90 Å². The second-order valence-corrected chi connectivity index (χ2v) is 5.97. The van der Waals surface area contributed by atoms with E-state index < -0.39 is 12.5 Å². The Hall–Kier alpha value is -2.33. The highest BCUT2D eigenvalue weighted by Crippen LogP contribution is 2.23. The average molecular weight is 312 g/mol. The molecule has 0 aromatic heterocycles. The molecule has 0 spiro atoms. The van der Waals surface area contributed by atoms with E-state index >= 15 is 0 Å². The number of anilines is 2. The summed E-state index contributed by atoms with van der Waals surface area (Å²) in [6.45, 7) is 5.95. The van der Waals surface area contributed by atoms with Crippen LogP contribution in [0.25, 0.3) is 0 Å². The molecular formula is C19H24N2O2. The SMILES string of the molecule is CC(C)c1ccc(C(C)Nc2cccc(NC(=O)CO)c2)cc1. The molecule has 4 heteroatoms. The number of hydrogen-bond acceptors (Lipinski definition) is 3. The second kappa shape index (κ2) is 7.79. The summed E-state index contributed by atoms with van der Waals surface area (Å²) in [5.41, 5.74) is 4.12. The van der Waals surface area contributed by atoms with E-state index in [1.54, 1.807) is 6.07 Å². The van der Waals surface area contributed by atoms with Crippen LogP contribution in [0.1, 0.15) is 43.9 Å². The van der Waals surface area contributed by atoms with Crippen molar-refractivity contribution in [1.82, 2.24) is 0 Å². The molecule has 3 N–H and O–H groups in total. The maximum atomic E-state index is 11.2. The third kappa shape index (κ3) is 4.83. The third-order valence-corrected chi connectivity index (χ3v) is 3.78. The quantitative estimate of drug-likeness (QED) is 0.758. The van der Waals surface area contributed by atoms with Crippen molar-refractivity contribution in [3.05, 3.63) is 59.7 Å². The number of amides is 1. The Bertz CT molecular complexity index is 651. The predicted octanol–water partition coefficient (Wildman–Crippen LogP) is 3.91. The summed E-state index contributed by atoms with van der Waals surface area (Å²) in [4.78, 5) is 11.2. The average Bonchev–Trinajstić information content (AvgIpc) is 2.55. The zero-order valence-electron chi connectivity index (χ0n) is 13.8. The number of aliphatic hydroxyl groups is 1. The number of nitrogens with one attached hydrogen (secondary N) is 2. The van der Waals surface area contributed by atoms with Crippen LogP contribution in [-0.2, 0) is 4.79 Å². The lowest BCUT2D eigenvalue weighted by molar-refractivity contribution is -0.118. The van der Waals surface area contributed by atoms with Gasteiger partial charge in [0.05, 0.1) is 0 Å². The number of carbonyl (C=O) groups excluding carboxylic acids is 1. The van der Waals surface area contributed by atoms with Gasteiger partial charge in [0.1, 0.15) is 6.61 Å². The Kier molecular flexibility index (Phi) is 5.77. The molecule has 23 heavy (non-hydrogen) atoms. The van der Waals surface area contributed by atoms with Crippen molar-refractivity contribution >= 4 is 17.3 Å². The van der Waals surface area contributed by atoms with Crippen LogP contribution < -0.4 is 10.6 Å². The minimum absolute atomic E-state index is 0.153. The standard InChI is InChI=1S/C19H24N2O2/c1-13(2)15-7-9-16(10-8-15)14(3)20-17-5-4-6-18(11-17)21-19(23)12-22/h4-11,13-14,20,22H,12H2,1-3H3,(H,21,23). The van der Waals surface area contributed by atoms with E-state index in [0.717, 1.165) is 5.69 Å². The Balaban J connectivity index is 2.06. The van der Waals surface area contributed by atoms with E-state index in [9.17, 15) is 4.79 Å². The zero-order chi connectivity index (χ0) is 16.8. The molecule has 0 aliphatic rings. The van der Waals surface area contributed by atoms with Crippen LogP contribution in [-0.4, -0.2) is 17.6 Å². The van der Waals surface area contributed by atoms with Crippen LogP contribution in [0.15, 0.2) is 48.5 Å². The third-order valence-electron chi connectivity index (χ3n) is 3.78. The van der Waals surface area contributed by atoms with Gasteiger partial charge in [-0.25, -0.2) is 0 Å². The van der Waals surface area contributed by atoms with Crippen molar-refractivity contribution in [2.75, 3.05) is 17.2 Å². The molecular weight excluding hydrogens is 288 g/mol. The van der Waals surface area contributed by atoms with Crippen molar-refractivity contribution in [3.63, 3.8) is 0 Å². The number of carbonyl (C=O) groups is 1. The molecule has 0 aliphatic heterocycles. The van der Waals surface area contributed by atoms with Crippen molar-refractivity contribution in [2.45, 2.75) is 32.7 Å². The molecule has 4 nitrogen and oxygen atoms in total. The fraction of sp³-hybridized carbons (Fsp3) is 0.316. The normalized spacial score (nSPS) is 12.0. The van der Waals surface area contributed by atoms with Gasteiger partial charge in [-0.2, -0.15) is 0 Å². The van der Waals surface area contributed by atoms with E-state index in [1.807, 2.05) is 18.2 Å². The first-order chi connectivity index (χ1) is 11.0. The minimum atomic E-state index is -0.518. The maximum absolute atomic E-state index is 11.2. The van der Waals surface area contributed by atoms with Crippen LogP contribution in [0.4, 0.5) is 11.4 Å². The number of benzene rings is 2. The Morgan fingerprint density at radius 1 is 1.00 bits per heavy atom. The van der Waals surface area contributed by atoms with E-state index in [1.165, 1.54) is 11.1 Å². The topological polar surface area (TPSA) is 61.4 Å². The second-order valence-electron chi connectivity index (χ2n) is 5.97. The van der Waals surface area contributed by atoms with Gasteiger partial charge in [-0.1, -0.05) is 44.2 Å². The largest absolute Gasteiger partial charge is 0.387 e. The molecule has 1 unspecified atom stereocenters. The number of rotatable bonds is 6. The van der Waals surface area contributed by atoms with Crippen LogP contribution >= 0.6 is 0 Å². The summed E-state index contributed by atoms with van der Waals surface area (Å²) in [6, 6.07) is 16.2. The minimum Gasteiger partial charge on any atom is -0.387 e. The summed E-state index contributed by atoms with van der Waals surface area (Å²) in [7, 11) is 0. The maximum Gasteiger partial charge on any atom is 0.250 e. The fourth-order valence-electron chi connectivity index (χ4n) is 2.39. The predicted molar refractivity (Wildman–Crippen MR) is 94.7 cm³/mol. The molecule has 1 atom stereocenters. The summed E-state index contributed by atoms with van der Waals surface area (Å²) >= 11 is 0. The molecule has 0 radical (unpaired) electrons. The Morgan fingerprint density at radius 3 is 2.22 bits per heavy atom. The zero-order valence-corrected chi connectivity index (χ0v) is 13.8. The highest BCUT2D eigenvalue weighted by molar-refractivity contribution is 5.91. The van der Waals surface area contributed by atoms with Gasteiger partial charge in [0.2, 0.25) is 5.91 Å². The van der Waals surface area contributed by atoms with Gasteiger partial charge in [0.15, 0.2) is 0 Å². The van der Waals surface area contributed by atoms with E-state index in [-0.39, 0.29) is 6.04 Å². The fourth-order valence-corrected chi connectivity index (χ4v) is 2.39. The van der Waals surface area contributed by atoms with Crippen LogP contribution in [0.2, 0.25) is 0 Å². The van der Waals surface area contributed by atoms with E-state index in [4.69, 9.17) is 5.11 Å². The summed E-state index contributed by atoms with van der Waals surface area (Å²) < 4.78 is 0. The number of hydrogen-bond donors (Lipinski definition) is 3. The molecule has 0 heterocycles. The van der Waals surface area contributed by atoms with Gasteiger partial charge < -0.3 is 15.7 Å². The van der Waals surface area contributed by atoms with Gasteiger partial charge >= 0.3 is 0 Å². The molecule has 0 saturated heterocycles. The lowest BCUT2D eigenvalue weighted by atomic mass is 9.99. The number of aliphatic hydroxyl groups excluding tert-OH is 1. The Labute approximate surface area is 137 Å². The molecule has 122 valence electrons. The van der Waals surface area contributed by atoms with Gasteiger partial charge in [0.25, 0.3) is 0 Å². The highest BCUT2D eigenvalue weighted by Gasteiger charge is 2.07. The smallest absolute Gasteiger partial charge is 0.250 e. The van der Waals surface area contributed by atoms with Crippen LogP contribution in [0.5, 0.6) is 0 Å².